The molecule has 134 valence electrons. The maximum Gasteiger partial charge on any atom is 0.246 e. The maximum absolute atomic E-state index is 12.3. The third-order valence-corrected chi connectivity index (χ3v) is 6.95. The van der Waals surface area contributed by atoms with Crippen molar-refractivity contribution in [3.8, 4) is 10.4 Å². The van der Waals surface area contributed by atoms with Gasteiger partial charge in [-0.2, -0.15) is 0 Å². The number of hydrogen-bond donors (Lipinski definition) is 0. The van der Waals surface area contributed by atoms with E-state index in [0.717, 1.165) is 31.1 Å². The van der Waals surface area contributed by atoms with Crippen LogP contribution in [0.4, 0.5) is 0 Å². The van der Waals surface area contributed by atoms with Crippen LogP contribution in [0, 0.1) is 13.8 Å². The minimum Gasteiger partial charge on any atom is -0.361 e. The zero-order chi connectivity index (χ0) is 18.4. The summed E-state index contributed by atoms with van der Waals surface area (Å²) in [6, 6.07) is 4.17. The number of nitrogens with zero attached hydrogens (tertiary/aromatic N) is 2. The molecule has 3 aromatic heterocycles. The lowest BCUT2D eigenvalue weighted by molar-refractivity contribution is -0.127. The maximum atomic E-state index is 12.3. The summed E-state index contributed by atoms with van der Waals surface area (Å²) < 4.78 is 6.12. The normalized spacial score (nSPS) is 16.6. The number of carbonyl (C=O) groups is 1. The molecule has 1 aliphatic rings. The number of aromatic nitrogens is 1. The Bertz CT molecular complexity index is 982. The average molecular weight is 405 g/mol. The summed E-state index contributed by atoms with van der Waals surface area (Å²) in [6.07, 6.45) is 1.38. The molecule has 0 spiro atoms. The van der Waals surface area contributed by atoms with Crippen molar-refractivity contribution in [1.29, 1.82) is 0 Å². The van der Waals surface area contributed by atoms with Crippen LogP contribution < -0.4 is 0 Å². The van der Waals surface area contributed by atoms with Gasteiger partial charge >= 0.3 is 0 Å². The zero-order valence-corrected chi connectivity index (χ0v) is 16.8. The Balaban J connectivity index is 1.84. The van der Waals surface area contributed by atoms with Crippen LogP contribution in [0.1, 0.15) is 33.4 Å². The monoisotopic (exact) mass is 404 g/mol. The summed E-state index contributed by atoms with van der Waals surface area (Å²) in [4.78, 5) is 16.4. The highest BCUT2D eigenvalue weighted by Gasteiger charge is 2.33. The number of amides is 1. The first-order valence-corrected chi connectivity index (χ1v) is 10.3. The van der Waals surface area contributed by atoms with Crippen LogP contribution in [0.15, 0.2) is 34.7 Å². The summed E-state index contributed by atoms with van der Waals surface area (Å²) in [6.45, 7) is 8.71. The van der Waals surface area contributed by atoms with E-state index in [1.165, 1.54) is 17.2 Å². The van der Waals surface area contributed by atoms with Gasteiger partial charge in [0.1, 0.15) is 5.76 Å². The van der Waals surface area contributed by atoms with E-state index in [0.29, 0.717) is 13.1 Å². The van der Waals surface area contributed by atoms with Crippen molar-refractivity contribution < 1.29 is 9.32 Å². The summed E-state index contributed by atoms with van der Waals surface area (Å²) in [5.41, 5.74) is 4.32. The van der Waals surface area contributed by atoms with E-state index in [4.69, 9.17) is 16.1 Å². The van der Waals surface area contributed by atoms with Gasteiger partial charge in [0, 0.05) is 22.2 Å². The van der Waals surface area contributed by atoms with E-state index in [1.807, 2.05) is 24.8 Å². The molecule has 0 saturated carbocycles. The van der Waals surface area contributed by atoms with Crippen LogP contribution in [-0.4, -0.2) is 22.5 Å². The highest BCUT2D eigenvalue weighted by atomic mass is 35.5. The fraction of sp³-hybridized carbons (Fsp3) is 0.263. The highest BCUT2D eigenvalue weighted by Crippen LogP contribution is 2.45. The Morgan fingerprint density at radius 2 is 2.27 bits per heavy atom. The smallest absolute Gasteiger partial charge is 0.246 e. The van der Waals surface area contributed by atoms with Crippen molar-refractivity contribution in [1.82, 2.24) is 10.1 Å². The van der Waals surface area contributed by atoms with Gasteiger partial charge in [-0.15, -0.1) is 22.7 Å². The number of rotatable bonds is 3. The number of carbonyl (C=O) groups excluding carboxylic acids is 1. The summed E-state index contributed by atoms with van der Waals surface area (Å²) in [5.74, 6) is 0.824. The topological polar surface area (TPSA) is 46.3 Å². The van der Waals surface area contributed by atoms with E-state index in [1.54, 1.807) is 22.7 Å². The van der Waals surface area contributed by atoms with Gasteiger partial charge < -0.3 is 9.42 Å². The third kappa shape index (κ3) is 2.82. The Morgan fingerprint density at radius 3 is 2.96 bits per heavy atom. The fourth-order valence-corrected chi connectivity index (χ4v) is 6.01. The van der Waals surface area contributed by atoms with Gasteiger partial charge in [0.2, 0.25) is 5.91 Å². The molecular weight excluding hydrogens is 388 g/mol. The molecule has 0 bridgehead atoms. The quantitative estimate of drug-likeness (QED) is 0.549. The molecule has 7 heteroatoms. The van der Waals surface area contributed by atoms with Crippen molar-refractivity contribution in [2.24, 2.45) is 0 Å². The van der Waals surface area contributed by atoms with Crippen LogP contribution in [-0.2, 0) is 11.3 Å². The lowest BCUT2D eigenvalue weighted by Gasteiger charge is -2.32. The van der Waals surface area contributed by atoms with Gasteiger partial charge in [0.25, 0.3) is 0 Å². The molecule has 0 aromatic carbocycles. The van der Waals surface area contributed by atoms with E-state index < -0.39 is 0 Å². The molecule has 0 aliphatic carbocycles. The van der Waals surface area contributed by atoms with Gasteiger partial charge in [-0.25, -0.2) is 0 Å². The number of halogens is 1. The predicted octanol–water partition coefficient (Wildman–Crippen LogP) is 5.39. The minimum atomic E-state index is -0.0562. The van der Waals surface area contributed by atoms with Crippen molar-refractivity contribution in [3.05, 3.63) is 62.0 Å². The van der Waals surface area contributed by atoms with Crippen molar-refractivity contribution in [2.45, 2.75) is 26.3 Å². The number of fused-ring (bicyclic) bond motifs is 1. The number of aryl methyl sites for hydroxylation is 2. The molecule has 0 unspecified atom stereocenters. The van der Waals surface area contributed by atoms with Crippen molar-refractivity contribution in [2.75, 3.05) is 6.54 Å². The van der Waals surface area contributed by atoms with E-state index >= 15 is 0 Å². The summed E-state index contributed by atoms with van der Waals surface area (Å²) in [7, 11) is 0. The van der Waals surface area contributed by atoms with Crippen LogP contribution in [0.3, 0.4) is 0 Å². The van der Waals surface area contributed by atoms with Gasteiger partial charge in [-0.3, -0.25) is 4.79 Å². The number of hydrogen-bond acceptors (Lipinski definition) is 5. The SMILES string of the molecule is C=CC(=O)N1Cc2sc(Cl)cc2[C@H](c2ccsc2-c2c(C)noc2C)C1. The molecule has 1 atom stereocenters. The lowest BCUT2D eigenvalue weighted by Crippen LogP contribution is -2.36. The van der Waals surface area contributed by atoms with Crippen molar-refractivity contribution >= 4 is 40.2 Å². The molecule has 26 heavy (non-hydrogen) atoms. The molecule has 4 heterocycles. The molecule has 0 radical (unpaired) electrons. The Hall–Kier alpha value is -1.89. The van der Waals surface area contributed by atoms with Crippen LogP contribution in [0.2, 0.25) is 4.34 Å². The van der Waals surface area contributed by atoms with Crippen LogP contribution in [0.5, 0.6) is 0 Å². The van der Waals surface area contributed by atoms with Gasteiger partial charge in [0.05, 0.1) is 22.1 Å². The molecule has 4 nitrogen and oxygen atoms in total. The first-order valence-electron chi connectivity index (χ1n) is 8.19. The van der Waals surface area contributed by atoms with Gasteiger partial charge in [-0.05, 0) is 48.6 Å². The molecule has 3 aromatic rings. The van der Waals surface area contributed by atoms with Gasteiger partial charge in [0.15, 0.2) is 0 Å². The Morgan fingerprint density at radius 1 is 1.46 bits per heavy atom. The van der Waals surface area contributed by atoms with E-state index in [-0.39, 0.29) is 11.8 Å². The van der Waals surface area contributed by atoms with E-state index in [2.05, 4.69) is 23.2 Å². The second-order valence-electron chi connectivity index (χ2n) is 6.31. The second-order valence-corrected chi connectivity index (χ2v) is 8.99. The first-order chi connectivity index (χ1) is 12.5. The molecule has 1 aliphatic heterocycles. The molecule has 0 N–H and O–H groups in total. The molecule has 4 rings (SSSR count). The zero-order valence-electron chi connectivity index (χ0n) is 14.4. The first kappa shape index (κ1) is 17.5. The largest absolute Gasteiger partial charge is 0.361 e. The Labute approximate surface area is 164 Å². The molecule has 0 fully saturated rings. The van der Waals surface area contributed by atoms with Crippen LogP contribution in [0.25, 0.3) is 10.4 Å². The number of thiophene rings is 2. The molecule has 0 saturated heterocycles. The average Bonchev–Trinajstić information content (AvgIpc) is 3.31. The minimum absolute atomic E-state index is 0.0562. The third-order valence-electron chi connectivity index (χ3n) is 4.74. The summed E-state index contributed by atoms with van der Waals surface area (Å²) in [5, 5.41) is 6.18. The van der Waals surface area contributed by atoms with Crippen LogP contribution >= 0.6 is 34.3 Å². The highest BCUT2D eigenvalue weighted by molar-refractivity contribution is 7.16. The lowest BCUT2D eigenvalue weighted by atomic mass is 9.87. The summed E-state index contributed by atoms with van der Waals surface area (Å²) >= 11 is 9.52. The van der Waals surface area contributed by atoms with Gasteiger partial charge in [-0.1, -0.05) is 23.3 Å². The second kappa shape index (κ2) is 6.68. The van der Waals surface area contributed by atoms with E-state index in [9.17, 15) is 4.79 Å². The Kier molecular flexibility index (Phi) is 4.50. The standard InChI is InChI=1S/C19H17ClN2O2S2/c1-4-17(23)22-8-14(13-7-16(20)26-15(13)9-22)12-5-6-25-19(12)18-10(2)21-24-11(18)3/h4-7,14H,1,8-9H2,2-3H3/t14-/m0/s1. The molecule has 1 amide bonds. The predicted molar refractivity (Wildman–Crippen MR) is 106 cm³/mol. The van der Waals surface area contributed by atoms with Crippen molar-refractivity contribution in [3.63, 3.8) is 0 Å². The molecular formula is C19H17ClN2O2S2. The fourth-order valence-electron chi connectivity index (χ4n) is 3.55.